The van der Waals surface area contributed by atoms with E-state index in [1.54, 1.807) is 0 Å². The van der Waals surface area contributed by atoms with Crippen LogP contribution in [0.2, 0.25) is 0 Å². The molecule has 1 aromatic carbocycles. The molecule has 3 heteroatoms. The third-order valence-electron chi connectivity index (χ3n) is 3.96. The lowest BCUT2D eigenvalue weighted by atomic mass is 9.98. The summed E-state index contributed by atoms with van der Waals surface area (Å²) in [5, 5.41) is 9.84. The van der Waals surface area contributed by atoms with Crippen LogP contribution in [-0.2, 0) is 16.1 Å². The van der Waals surface area contributed by atoms with Crippen molar-refractivity contribution in [2.24, 2.45) is 5.92 Å². The van der Waals surface area contributed by atoms with Gasteiger partial charge in [-0.1, -0.05) is 43.2 Å². The average molecular weight is 276 g/mol. The minimum atomic E-state index is -0.538. The van der Waals surface area contributed by atoms with Crippen molar-refractivity contribution in [1.82, 2.24) is 0 Å². The second-order valence-electron chi connectivity index (χ2n) is 5.64. The van der Waals surface area contributed by atoms with Crippen LogP contribution in [0.5, 0.6) is 0 Å². The van der Waals surface area contributed by atoms with Crippen LogP contribution in [0.25, 0.3) is 0 Å². The number of ketones is 1. The van der Waals surface area contributed by atoms with Gasteiger partial charge in [-0.15, -0.1) is 0 Å². The van der Waals surface area contributed by atoms with Crippen LogP contribution in [0.1, 0.15) is 44.1 Å². The van der Waals surface area contributed by atoms with E-state index in [1.165, 1.54) is 12.8 Å². The number of carbonyl (C=O) groups excluding carboxylic acids is 1. The van der Waals surface area contributed by atoms with Crippen LogP contribution < -0.4 is 0 Å². The number of benzene rings is 1. The molecule has 0 heterocycles. The Labute approximate surface area is 121 Å². The number of rotatable bonds is 8. The van der Waals surface area contributed by atoms with Crippen molar-refractivity contribution >= 4 is 5.78 Å². The van der Waals surface area contributed by atoms with E-state index in [0.29, 0.717) is 31.8 Å². The van der Waals surface area contributed by atoms with Crippen molar-refractivity contribution in [2.75, 3.05) is 6.61 Å². The summed E-state index contributed by atoms with van der Waals surface area (Å²) in [4.78, 5) is 11.9. The highest BCUT2D eigenvalue weighted by Crippen LogP contribution is 2.26. The Bertz CT molecular complexity index is 396. The molecule has 1 N–H and O–H groups in total. The lowest BCUT2D eigenvalue weighted by Crippen LogP contribution is -2.19. The van der Waals surface area contributed by atoms with E-state index in [9.17, 15) is 9.90 Å². The van der Waals surface area contributed by atoms with Gasteiger partial charge in [-0.2, -0.15) is 0 Å². The molecule has 1 aliphatic carbocycles. The van der Waals surface area contributed by atoms with E-state index in [-0.39, 0.29) is 5.92 Å². The first-order chi connectivity index (χ1) is 9.75. The largest absolute Gasteiger partial charge is 0.391 e. The molecular formula is C17H24O3. The van der Waals surface area contributed by atoms with Crippen molar-refractivity contribution in [3.05, 3.63) is 35.9 Å². The lowest BCUT2D eigenvalue weighted by Gasteiger charge is -2.12. The molecule has 0 aliphatic heterocycles. The second-order valence-corrected chi connectivity index (χ2v) is 5.64. The Morgan fingerprint density at radius 1 is 1.25 bits per heavy atom. The zero-order chi connectivity index (χ0) is 14.2. The fraction of sp³-hybridized carbons (Fsp3) is 0.588. The van der Waals surface area contributed by atoms with E-state index in [4.69, 9.17) is 4.74 Å². The van der Waals surface area contributed by atoms with Crippen molar-refractivity contribution < 1.29 is 14.6 Å². The fourth-order valence-electron chi connectivity index (χ4n) is 2.73. The van der Waals surface area contributed by atoms with Gasteiger partial charge in [0.2, 0.25) is 0 Å². The Morgan fingerprint density at radius 3 is 2.65 bits per heavy atom. The van der Waals surface area contributed by atoms with Gasteiger partial charge in [0.05, 0.1) is 19.3 Å². The maximum Gasteiger partial charge on any atom is 0.136 e. The predicted octanol–water partition coefficient (Wildman–Crippen LogP) is 3.10. The summed E-state index contributed by atoms with van der Waals surface area (Å²) >= 11 is 0. The fourth-order valence-corrected chi connectivity index (χ4v) is 2.73. The van der Waals surface area contributed by atoms with Crippen molar-refractivity contribution in [1.29, 1.82) is 0 Å². The molecule has 1 atom stereocenters. The van der Waals surface area contributed by atoms with E-state index in [1.807, 2.05) is 30.3 Å². The minimum Gasteiger partial charge on any atom is -0.391 e. The molecule has 0 aromatic heterocycles. The molecule has 0 radical (unpaired) electrons. The number of hydrogen-bond donors (Lipinski definition) is 1. The third-order valence-corrected chi connectivity index (χ3v) is 3.96. The summed E-state index contributed by atoms with van der Waals surface area (Å²) in [5.41, 5.74) is 1.10. The molecule has 110 valence electrons. The smallest absolute Gasteiger partial charge is 0.136 e. The summed E-state index contributed by atoms with van der Waals surface area (Å²) in [6, 6.07) is 9.89. The molecule has 1 aromatic rings. The Morgan fingerprint density at radius 2 is 1.95 bits per heavy atom. The van der Waals surface area contributed by atoms with Gasteiger partial charge < -0.3 is 9.84 Å². The molecule has 1 fully saturated rings. The molecule has 1 aliphatic rings. The summed E-state index contributed by atoms with van der Waals surface area (Å²) in [6.45, 7) is 0.807. The molecule has 20 heavy (non-hydrogen) atoms. The molecule has 1 unspecified atom stereocenters. The number of hydrogen-bond acceptors (Lipinski definition) is 3. The summed E-state index contributed by atoms with van der Waals surface area (Å²) in [6.07, 6.45) is 4.91. The Kier molecular flexibility index (Phi) is 6.22. The van der Waals surface area contributed by atoms with Crippen molar-refractivity contribution in [2.45, 2.75) is 51.2 Å². The topological polar surface area (TPSA) is 46.5 Å². The maximum absolute atomic E-state index is 11.9. The quantitative estimate of drug-likeness (QED) is 0.793. The average Bonchev–Trinajstić information content (AvgIpc) is 3.00. The highest BCUT2D eigenvalue weighted by atomic mass is 16.5. The van der Waals surface area contributed by atoms with Gasteiger partial charge in [-0.05, 0) is 24.8 Å². The number of aliphatic hydroxyl groups excluding tert-OH is 1. The summed E-state index contributed by atoms with van der Waals surface area (Å²) in [7, 11) is 0. The number of aliphatic hydroxyl groups is 1. The molecule has 0 saturated heterocycles. The first-order valence-electron chi connectivity index (χ1n) is 7.58. The molecular weight excluding hydrogens is 252 g/mol. The van der Waals surface area contributed by atoms with Crippen LogP contribution >= 0.6 is 0 Å². The Balaban J connectivity index is 1.58. The lowest BCUT2D eigenvalue weighted by molar-refractivity contribution is -0.123. The normalized spacial score (nSPS) is 17.2. The molecule has 0 bridgehead atoms. The second kappa shape index (κ2) is 8.18. The summed E-state index contributed by atoms with van der Waals surface area (Å²) in [5.74, 6) is 0.581. The van der Waals surface area contributed by atoms with E-state index in [0.717, 1.165) is 18.4 Å². The van der Waals surface area contributed by atoms with E-state index in [2.05, 4.69) is 0 Å². The molecule has 0 spiro atoms. The van der Waals surface area contributed by atoms with E-state index >= 15 is 0 Å². The summed E-state index contributed by atoms with van der Waals surface area (Å²) < 4.78 is 5.48. The maximum atomic E-state index is 11.9. The highest BCUT2D eigenvalue weighted by Gasteiger charge is 2.22. The van der Waals surface area contributed by atoms with Gasteiger partial charge in [0, 0.05) is 12.3 Å². The first-order valence-corrected chi connectivity index (χ1v) is 7.58. The SMILES string of the molecule is O=C(CCC(O)COCc1ccccc1)C1CCCC1. The Hall–Kier alpha value is -1.19. The van der Waals surface area contributed by atoms with Crippen LogP contribution in [0.3, 0.4) is 0 Å². The van der Waals surface area contributed by atoms with Crippen LogP contribution in [0.15, 0.2) is 30.3 Å². The third kappa shape index (κ3) is 5.06. The van der Waals surface area contributed by atoms with Crippen LogP contribution in [0.4, 0.5) is 0 Å². The number of Topliss-reactive ketones (excluding diaryl/α,β-unsaturated/α-hetero) is 1. The van der Waals surface area contributed by atoms with Crippen LogP contribution in [-0.4, -0.2) is 23.6 Å². The monoisotopic (exact) mass is 276 g/mol. The van der Waals surface area contributed by atoms with Crippen LogP contribution in [0, 0.1) is 5.92 Å². The molecule has 3 nitrogen and oxygen atoms in total. The van der Waals surface area contributed by atoms with Gasteiger partial charge in [-0.3, -0.25) is 4.79 Å². The van der Waals surface area contributed by atoms with Gasteiger partial charge in [0.25, 0.3) is 0 Å². The minimum absolute atomic E-state index is 0.257. The molecule has 1 saturated carbocycles. The van der Waals surface area contributed by atoms with Gasteiger partial charge in [0.1, 0.15) is 5.78 Å². The van der Waals surface area contributed by atoms with Gasteiger partial charge >= 0.3 is 0 Å². The first kappa shape index (κ1) is 15.2. The standard InChI is InChI=1S/C17H24O3/c18-16(10-11-17(19)15-8-4-5-9-15)13-20-12-14-6-2-1-3-7-14/h1-3,6-7,15-16,18H,4-5,8-13H2. The van der Waals surface area contributed by atoms with Crippen molar-refractivity contribution in [3.63, 3.8) is 0 Å². The number of carbonyl (C=O) groups is 1. The predicted molar refractivity (Wildman–Crippen MR) is 78.3 cm³/mol. The number of ether oxygens (including phenoxy) is 1. The molecule has 2 rings (SSSR count). The van der Waals surface area contributed by atoms with Crippen molar-refractivity contribution in [3.8, 4) is 0 Å². The molecule has 0 amide bonds. The zero-order valence-corrected chi connectivity index (χ0v) is 12.0. The highest BCUT2D eigenvalue weighted by molar-refractivity contribution is 5.81. The van der Waals surface area contributed by atoms with E-state index < -0.39 is 6.10 Å². The zero-order valence-electron chi connectivity index (χ0n) is 12.0. The van der Waals surface area contributed by atoms with Gasteiger partial charge in [0.15, 0.2) is 0 Å². The van der Waals surface area contributed by atoms with Gasteiger partial charge in [-0.25, -0.2) is 0 Å².